The molecule has 1 amide bonds. The third kappa shape index (κ3) is 3.01. The number of hydrogen-bond acceptors (Lipinski definition) is 3. The quantitative estimate of drug-likeness (QED) is 0.895. The maximum atomic E-state index is 11.9. The van der Waals surface area contributed by atoms with Crippen LogP contribution in [0.3, 0.4) is 0 Å². The number of halogens is 1. The Labute approximate surface area is 118 Å². The molecule has 2 rings (SSSR count). The van der Waals surface area contributed by atoms with Crippen LogP contribution in [-0.4, -0.2) is 23.7 Å². The second-order valence-electron chi connectivity index (χ2n) is 5.22. The number of benzene rings is 1. The standard InChI is InChI=1S/C14H19ClN2O2/c1-9-7-14(13(16)18,8-10(2)19-9)17-12-6-4-3-5-11(12)15/h3-6,9-10,17H,7-8H2,1-2H3,(H2,16,18). The molecule has 1 aromatic rings. The lowest BCUT2D eigenvalue weighted by atomic mass is 9.83. The molecular weight excluding hydrogens is 264 g/mol. The maximum Gasteiger partial charge on any atom is 0.243 e. The summed E-state index contributed by atoms with van der Waals surface area (Å²) < 4.78 is 5.68. The summed E-state index contributed by atoms with van der Waals surface area (Å²) in [5.41, 5.74) is 5.55. The van der Waals surface area contributed by atoms with E-state index in [9.17, 15) is 4.79 Å². The normalized spacial score (nSPS) is 30.9. The maximum absolute atomic E-state index is 11.9. The third-order valence-corrected chi connectivity index (χ3v) is 3.79. The molecule has 1 heterocycles. The van der Waals surface area contributed by atoms with Crippen LogP contribution < -0.4 is 11.1 Å². The van der Waals surface area contributed by atoms with Crippen LogP contribution in [0.25, 0.3) is 0 Å². The van der Waals surface area contributed by atoms with Gasteiger partial charge in [-0.3, -0.25) is 4.79 Å². The summed E-state index contributed by atoms with van der Waals surface area (Å²) in [5.74, 6) is -0.366. The van der Waals surface area contributed by atoms with Gasteiger partial charge in [-0.2, -0.15) is 0 Å². The van der Waals surface area contributed by atoms with E-state index in [2.05, 4.69) is 5.32 Å². The number of nitrogens with two attached hydrogens (primary N) is 1. The Kier molecular flexibility index (Phi) is 4.02. The van der Waals surface area contributed by atoms with Gasteiger partial charge in [-0.1, -0.05) is 23.7 Å². The summed E-state index contributed by atoms with van der Waals surface area (Å²) in [5, 5.41) is 3.82. The molecule has 0 aromatic heterocycles. The van der Waals surface area contributed by atoms with Crippen LogP contribution in [0.5, 0.6) is 0 Å². The topological polar surface area (TPSA) is 64.3 Å². The van der Waals surface area contributed by atoms with Crippen LogP contribution in [0.2, 0.25) is 5.02 Å². The summed E-state index contributed by atoms with van der Waals surface area (Å²) in [6.45, 7) is 3.89. The monoisotopic (exact) mass is 282 g/mol. The average molecular weight is 283 g/mol. The summed E-state index contributed by atoms with van der Waals surface area (Å²) in [4.78, 5) is 11.9. The number of para-hydroxylation sites is 1. The van der Waals surface area contributed by atoms with Crippen LogP contribution in [0.4, 0.5) is 5.69 Å². The Morgan fingerprint density at radius 1 is 1.37 bits per heavy atom. The molecule has 0 bridgehead atoms. The molecule has 0 spiro atoms. The van der Waals surface area contributed by atoms with E-state index >= 15 is 0 Å². The molecule has 1 aromatic carbocycles. The summed E-state index contributed by atoms with van der Waals surface area (Å²) in [6, 6.07) is 7.34. The minimum absolute atomic E-state index is 0.0220. The molecule has 3 N–H and O–H groups in total. The number of amides is 1. The van der Waals surface area contributed by atoms with Gasteiger partial charge in [0.15, 0.2) is 0 Å². The number of hydrogen-bond donors (Lipinski definition) is 2. The largest absolute Gasteiger partial charge is 0.375 e. The van der Waals surface area contributed by atoms with Gasteiger partial charge < -0.3 is 15.8 Å². The molecule has 2 atom stereocenters. The Balaban J connectivity index is 2.30. The molecule has 4 nitrogen and oxygen atoms in total. The highest BCUT2D eigenvalue weighted by Gasteiger charge is 2.43. The van der Waals surface area contributed by atoms with Gasteiger partial charge in [0, 0.05) is 12.8 Å². The Morgan fingerprint density at radius 2 is 1.95 bits per heavy atom. The zero-order valence-corrected chi connectivity index (χ0v) is 11.9. The van der Waals surface area contributed by atoms with Crippen LogP contribution in [0, 0.1) is 0 Å². The van der Waals surface area contributed by atoms with E-state index in [1.54, 1.807) is 6.07 Å². The first-order valence-electron chi connectivity index (χ1n) is 6.41. The summed E-state index contributed by atoms with van der Waals surface area (Å²) in [6.07, 6.45) is 1.04. The predicted molar refractivity (Wildman–Crippen MR) is 76.2 cm³/mol. The van der Waals surface area contributed by atoms with Crippen LogP contribution in [0.1, 0.15) is 26.7 Å². The van der Waals surface area contributed by atoms with Crippen molar-refractivity contribution in [1.29, 1.82) is 0 Å². The second kappa shape index (κ2) is 5.39. The van der Waals surface area contributed by atoms with E-state index < -0.39 is 5.54 Å². The van der Waals surface area contributed by atoms with E-state index in [4.69, 9.17) is 22.1 Å². The highest BCUT2D eigenvalue weighted by molar-refractivity contribution is 6.33. The second-order valence-corrected chi connectivity index (χ2v) is 5.62. The Morgan fingerprint density at radius 3 is 2.47 bits per heavy atom. The van der Waals surface area contributed by atoms with Gasteiger partial charge in [-0.15, -0.1) is 0 Å². The first-order valence-corrected chi connectivity index (χ1v) is 6.79. The van der Waals surface area contributed by atoms with Crippen molar-refractivity contribution in [3.05, 3.63) is 29.3 Å². The SMILES string of the molecule is CC1CC(Nc2ccccc2Cl)(C(N)=O)CC(C)O1. The number of carbonyl (C=O) groups is 1. The van der Waals surface area contributed by atoms with Crippen molar-refractivity contribution < 1.29 is 9.53 Å². The molecule has 1 saturated heterocycles. The zero-order chi connectivity index (χ0) is 14.0. The van der Waals surface area contributed by atoms with Crippen molar-refractivity contribution in [2.24, 2.45) is 5.73 Å². The molecule has 1 aliphatic heterocycles. The number of carbonyl (C=O) groups excluding carboxylic acids is 1. The van der Waals surface area contributed by atoms with Gasteiger partial charge in [0.1, 0.15) is 5.54 Å². The lowest BCUT2D eigenvalue weighted by Crippen LogP contribution is -2.57. The fraction of sp³-hybridized carbons (Fsp3) is 0.500. The lowest BCUT2D eigenvalue weighted by molar-refractivity contribution is -0.131. The van der Waals surface area contributed by atoms with Crippen molar-refractivity contribution in [3.63, 3.8) is 0 Å². The number of rotatable bonds is 3. The van der Waals surface area contributed by atoms with Crippen molar-refractivity contribution in [2.75, 3.05) is 5.32 Å². The molecule has 19 heavy (non-hydrogen) atoms. The Hall–Kier alpha value is -1.26. The van der Waals surface area contributed by atoms with Crippen LogP contribution in [0.15, 0.2) is 24.3 Å². The van der Waals surface area contributed by atoms with Gasteiger partial charge in [-0.05, 0) is 26.0 Å². The first kappa shape index (κ1) is 14.2. The summed E-state index contributed by atoms with van der Waals surface area (Å²) >= 11 is 6.14. The van der Waals surface area contributed by atoms with Crippen molar-refractivity contribution in [3.8, 4) is 0 Å². The van der Waals surface area contributed by atoms with E-state index in [0.717, 1.165) is 5.69 Å². The number of primary amides is 1. The van der Waals surface area contributed by atoms with Crippen LogP contribution in [-0.2, 0) is 9.53 Å². The van der Waals surface area contributed by atoms with Crippen LogP contribution >= 0.6 is 11.6 Å². The van der Waals surface area contributed by atoms with Gasteiger partial charge >= 0.3 is 0 Å². The molecular formula is C14H19ClN2O2. The minimum Gasteiger partial charge on any atom is -0.375 e. The molecule has 0 saturated carbocycles. The summed E-state index contributed by atoms with van der Waals surface area (Å²) in [7, 11) is 0. The van der Waals surface area contributed by atoms with Crippen molar-refractivity contribution in [2.45, 2.75) is 44.4 Å². The minimum atomic E-state index is -0.803. The number of anilines is 1. The van der Waals surface area contributed by atoms with Crippen molar-refractivity contribution in [1.82, 2.24) is 0 Å². The molecule has 104 valence electrons. The highest BCUT2D eigenvalue weighted by Crippen LogP contribution is 2.34. The number of nitrogens with one attached hydrogen (secondary N) is 1. The smallest absolute Gasteiger partial charge is 0.243 e. The van der Waals surface area contributed by atoms with Gasteiger partial charge in [0.25, 0.3) is 0 Å². The average Bonchev–Trinajstić information content (AvgIpc) is 2.30. The first-order chi connectivity index (χ1) is 8.93. The molecule has 2 unspecified atom stereocenters. The fourth-order valence-corrected chi connectivity index (χ4v) is 2.93. The van der Waals surface area contributed by atoms with E-state index in [0.29, 0.717) is 17.9 Å². The zero-order valence-electron chi connectivity index (χ0n) is 11.2. The van der Waals surface area contributed by atoms with Gasteiger partial charge in [0.05, 0.1) is 22.9 Å². The lowest BCUT2D eigenvalue weighted by Gasteiger charge is -2.41. The fourth-order valence-electron chi connectivity index (χ4n) is 2.74. The van der Waals surface area contributed by atoms with E-state index in [-0.39, 0.29) is 18.1 Å². The van der Waals surface area contributed by atoms with Gasteiger partial charge in [-0.25, -0.2) is 0 Å². The molecule has 1 aliphatic rings. The Bertz CT molecular complexity index is 468. The highest BCUT2D eigenvalue weighted by atomic mass is 35.5. The predicted octanol–water partition coefficient (Wildman–Crippen LogP) is 2.56. The molecule has 0 aliphatic carbocycles. The molecule has 5 heteroatoms. The van der Waals surface area contributed by atoms with E-state index in [1.807, 2.05) is 32.0 Å². The molecule has 0 radical (unpaired) electrons. The third-order valence-electron chi connectivity index (χ3n) is 3.46. The van der Waals surface area contributed by atoms with Gasteiger partial charge in [0.2, 0.25) is 5.91 Å². The number of ether oxygens (including phenoxy) is 1. The van der Waals surface area contributed by atoms with Crippen molar-refractivity contribution >= 4 is 23.2 Å². The molecule has 1 fully saturated rings. The van der Waals surface area contributed by atoms with E-state index in [1.165, 1.54) is 0 Å².